The Morgan fingerprint density at radius 2 is 2.32 bits per heavy atom. The first-order valence-electron chi connectivity index (χ1n) is 7.20. The van der Waals surface area contributed by atoms with Gasteiger partial charge in [0.2, 0.25) is 5.91 Å². The first-order chi connectivity index (χ1) is 9.19. The highest BCUT2D eigenvalue weighted by Gasteiger charge is 2.26. The summed E-state index contributed by atoms with van der Waals surface area (Å²) in [5.41, 5.74) is 1.18. The van der Waals surface area contributed by atoms with Gasteiger partial charge in [-0.05, 0) is 33.7 Å². The van der Waals surface area contributed by atoms with Crippen LogP contribution < -0.4 is 5.32 Å². The van der Waals surface area contributed by atoms with E-state index in [1.165, 1.54) is 5.69 Å². The van der Waals surface area contributed by atoms with Gasteiger partial charge in [-0.1, -0.05) is 0 Å². The van der Waals surface area contributed by atoms with Crippen LogP contribution in [0.15, 0.2) is 12.5 Å². The van der Waals surface area contributed by atoms with E-state index in [1.54, 1.807) is 6.33 Å². The van der Waals surface area contributed by atoms with E-state index in [2.05, 4.69) is 10.3 Å². The smallest absolute Gasteiger partial charge is 0.245 e. The quantitative estimate of drug-likeness (QED) is 0.874. The second-order valence-electron chi connectivity index (χ2n) is 5.10. The van der Waals surface area contributed by atoms with Crippen LogP contribution in [0.1, 0.15) is 44.8 Å². The van der Waals surface area contributed by atoms with Gasteiger partial charge in [-0.2, -0.15) is 0 Å². The summed E-state index contributed by atoms with van der Waals surface area (Å²) in [6.07, 6.45) is 4.82. The maximum atomic E-state index is 12.4. The van der Waals surface area contributed by atoms with Crippen molar-refractivity contribution in [3.8, 4) is 0 Å². The average Bonchev–Trinajstić information content (AvgIpc) is 3.09. The van der Waals surface area contributed by atoms with E-state index in [-0.39, 0.29) is 11.9 Å². The Morgan fingerprint density at radius 3 is 2.89 bits per heavy atom. The van der Waals surface area contributed by atoms with Crippen LogP contribution in [0.4, 0.5) is 0 Å². The number of likely N-dealkylation sites (N-methyl/N-ethyl adjacent to an activating group) is 1. The lowest BCUT2D eigenvalue weighted by atomic mass is 10.0. The average molecular weight is 264 g/mol. The minimum absolute atomic E-state index is 0.169. The molecule has 1 aromatic rings. The molecule has 2 heterocycles. The summed E-state index contributed by atoms with van der Waals surface area (Å²) in [4.78, 5) is 18.6. The zero-order valence-corrected chi connectivity index (χ0v) is 12.1. The number of nitrogens with one attached hydrogen (secondary N) is 1. The summed E-state index contributed by atoms with van der Waals surface area (Å²) < 4.78 is 2.04. The Kier molecular flexibility index (Phi) is 4.58. The number of amides is 1. The molecule has 5 nitrogen and oxygen atoms in total. The molecule has 1 N–H and O–H groups in total. The van der Waals surface area contributed by atoms with Crippen molar-refractivity contribution in [3.63, 3.8) is 0 Å². The second-order valence-corrected chi connectivity index (χ2v) is 5.10. The summed E-state index contributed by atoms with van der Waals surface area (Å²) >= 11 is 0. The third-order valence-electron chi connectivity index (χ3n) is 4.02. The van der Waals surface area contributed by atoms with Crippen molar-refractivity contribution in [1.29, 1.82) is 0 Å². The van der Waals surface area contributed by atoms with Crippen molar-refractivity contribution in [2.75, 3.05) is 26.2 Å². The van der Waals surface area contributed by atoms with Crippen molar-refractivity contribution in [1.82, 2.24) is 19.8 Å². The van der Waals surface area contributed by atoms with Crippen LogP contribution in [0.25, 0.3) is 0 Å². The van der Waals surface area contributed by atoms with Gasteiger partial charge in [-0.15, -0.1) is 0 Å². The van der Waals surface area contributed by atoms with Crippen molar-refractivity contribution in [2.45, 2.75) is 39.2 Å². The summed E-state index contributed by atoms with van der Waals surface area (Å²) in [5.74, 6) is 0.657. The van der Waals surface area contributed by atoms with Gasteiger partial charge in [0.05, 0.1) is 6.33 Å². The Labute approximate surface area is 115 Å². The minimum atomic E-state index is -0.169. The van der Waals surface area contributed by atoms with E-state index in [4.69, 9.17) is 0 Å². The highest BCUT2D eigenvalue weighted by atomic mass is 16.2. The predicted molar refractivity (Wildman–Crippen MR) is 75.1 cm³/mol. The lowest BCUT2D eigenvalue weighted by Gasteiger charge is -2.25. The van der Waals surface area contributed by atoms with Gasteiger partial charge in [0.15, 0.2) is 0 Å². The first kappa shape index (κ1) is 14.1. The molecule has 2 rings (SSSR count). The number of carbonyl (C=O) groups excluding carboxylic acids is 1. The third-order valence-corrected chi connectivity index (χ3v) is 4.02. The lowest BCUT2D eigenvalue weighted by Crippen LogP contribution is -2.36. The molecule has 0 bridgehead atoms. The van der Waals surface area contributed by atoms with Crippen LogP contribution in [-0.2, 0) is 4.79 Å². The number of rotatable bonds is 5. The first-order valence-corrected chi connectivity index (χ1v) is 7.20. The fourth-order valence-corrected chi connectivity index (χ4v) is 2.78. The number of hydrogen-bond donors (Lipinski definition) is 1. The molecule has 5 heteroatoms. The molecule has 2 atom stereocenters. The Hall–Kier alpha value is -1.36. The zero-order valence-electron chi connectivity index (χ0n) is 12.1. The molecule has 1 amide bonds. The van der Waals surface area contributed by atoms with E-state index in [0.717, 1.165) is 32.6 Å². The maximum Gasteiger partial charge on any atom is 0.245 e. The summed E-state index contributed by atoms with van der Waals surface area (Å²) in [6.45, 7) is 9.55. The molecule has 19 heavy (non-hydrogen) atoms. The molecule has 0 aliphatic carbocycles. The van der Waals surface area contributed by atoms with Gasteiger partial charge >= 0.3 is 0 Å². The number of aromatic nitrogens is 2. The number of hydrogen-bond acceptors (Lipinski definition) is 3. The molecular weight excluding hydrogens is 240 g/mol. The third kappa shape index (κ3) is 2.81. The second kappa shape index (κ2) is 6.19. The Morgan fingerprint density at radius 1 is 1.58 bits per heavy atom. The summed E-state index contributed by atoms with van der Waals surface area (Å²) in [6, 6.07) is -0.169. The van der Waals surface area contributed by atoms with Gasteiger partial charge in [-0.3, -0.25) is 4.79 Å². The number of imidazole rings is 1. The zero-order chi connectivity index (χ0) is 13.8. The van der Waals surface area contributed by atoms with Gasteiger partial charge in [-0.25, -0.2) is 4.98 Å². The van der Waals surface area contributed by atoms with Crippen LogP contribution >= 0.6 is 0 Å². The highest BCUT2D eigenvalue weighted by Crippen LogP contribution is 2.25. The SMILES string of the molecule is CCN(CC)C(=O)C(C)n1cncc1C1CCNC1. The molecule has 1 saturated heterocycles. The fraction of sp³-hybridized carbons (Fsp3) is 0.714. The standard InChI is InChI=1S/C14H24N4O/c1-4-17(5-2)14(19)11(3)18-10-16-9-13(18)12-6-7-15-8-12/h9-12,15H,4-8H2,1-3H3. The van der Waals surface area contributed by atoms with Crippen LogP contribution in [0, 0.1) is 0 Å². The molecule has 106 valence electrons. The highest BCUT2D eigenvalue weighted by molar-refractivity contribution is 5.80. The van der Waals surface area contributed by atoms with E-state index < -0.39 is 0 Å². The fourth-order valence-electron chi connectivity index (χ4n) is 2.78. The molecule has 2 unspecified atom stereocenters. The van der Waals surface area contributed by atoms with E-state index in [0.29, 0.717) is 5.92 Å². The van der Waals surface area contributed by atoms with Crippen molar-refractivity contribution in [2.24, 2.45) is 0 Å². The Balaban J connectivity index is 2.17. The molecule has 0 saturated carbocycles. The minimum Gasteiger partial charge on any atom is -0.341 e. The van der Waals surface area contributed by atoms with Gasteiger partial charge in [0.1, 0.15) is 6.04 Å². The maximum absolute atomic E-state index is 12.4. The molecule has 1 aromatic heterocycles. The number of nitrogens with zero attached hydrogens (tertiary/aromatic N) is 3. The van der Waals surface area contributed by atoms with Gasteiger partial charge < -0.3 is 14.8 Å². The lowest BCUT2D eigenvalue weighted by molar-refractivity contribution is -0.133. The predicted octanol–water partition coefficient (Wildman–Crippen LogP) is 1.39. The molecule has 0 radical (unpaired) electrons. The molecule has 0 spiro atoms. The van der Waals surface area contributed by atoms with E-state index in [9.17, 15) is 4.79 Å². The van der Waals surface area contributed by atoms with E-state index >= 15 is 0 Å². The Bertz CT molecular complexity index is 419. The van der Waals surface area contributed by atoms with Crippen LogP contribution in [0.3, 0.4) is 0 Å². The molecule has 1 aliphatic heterocycles. The van der Waals surface area contributed by atoms with Gasteiger partial charge in [0.25, 0.3) is 0 Å². The van der Waals surface area contributed by atoms with Crippen molar-refractivity contribution in [3.05, 3.63) is 18.2 Å². The summed E-state index contributed by atoms with van der Waals surface area (Å²) in [5, 5.41) is 3.36. The molecule has 0 aromatic carbocycles. The number of carbonyl (C=O) groups is 1. The summed E-state index contributed by atoms with van der Waals surface area (Å²) in [7, 11) is 0. The molecular formula is C14H24N4O. The largest absolute Gasteiger partial charge is 0.341 e. The normalized spacial score (nSPS) is 20.5. The van der Waals surface area contributed by atoms with Crippen molar-refractivity contribution >= 4 is 5.91 Å². The topological polar surface area (TPSA) is 50.2 Å². The van der Waals surface area contributed by atoms with Gasteiger partial charge in [0, 0.05) is 37.4 Å². The van der Waals surface area contributed by atoms with Crippen molar-refractivity contribution < 1.29 is 4.79 Å². The molecule has 1 fully saturated rings. The van der Waals surface area contributed by atoms with Crippen LogP contribution in [0.2, 0.25) is 0 Å². The monoisotopic (exact) mass is 264 g/mol. The van der Waals surface area contributed by atoms with Crippen LogP contribution in [-0.4, -0.2) is 46.5 Å². The van der Waals surface area contributed by atoms with Crippen LogP contribution in [0.5, 0.6) is 0 Å². The molecule has 1 aliphatic rings. The van der Waals surface area contributed by atoms with E-state index in [1.807, 2.05) is 36.4 Å².